The topological polar surface area (TPSA) is 51.6 Å². The van der Waals surface area contributed by atoms with E-state index < -0.39 is 0 Å². The summed E-state index contributed by atoms with van der Waals surface area (Å²) in [5, 5.41) is 3.43. The van der Waals surface area contributed by atoms with E-state index in [0.29, 0.717) is 17.5 Å². The Hall–Kier alpha value is -7.30. The lowest BCUT2D eigenvalue weighted by Crippen LogP contribution is -2.00. The van der Waals surface area contributed by atoms with Gasteiger partial charge in [0, 0.05) is 44.0 Å². The summed E-state index contributed by atoms with van der Waals surface area (Å²) in [6.07, 6.45) is 8.91. The van der Waals surface area contributed by atoms with Crippen molar-refractivity contribution in [1.82, 2.24) is 19.9 Å². The predicted octanol–water partition coefficient (Wildman–Crippen LogP) is 13.3. The molecule has 9 aromatic rings. The number of para-hydroxylation sites is 1. The highest BCUT2D eigenvalue weighted by Crippen LogP contribution is 2.41. The molecule has 0 fully saturated rings. The summed E-state index contributed by atoms with van der Waals surface area (Å²) in [5.74, 6) is 1.89. The number of rotatable bonds is 7. The molecule has 0 radical (unpaired) electrons. The molecule has 0 bridgehead atoms. The van der Waals surface area contributed by atoms with Gasteiger partial charge in [-0.05, 0) is 46.7 Å². The second-order valence-electron chi connectivity index (χ2n) is 14.1. The second-order valence-corrected chi connectivity index (χ2v) is 14.1. The van der Waals surface area contributed by atoms with Gasteiger partial charge in [0.15, 0.2) is 17.5 Å². The number of hydrogen-bond acceptors (Lipinski definition) is 4. The smallest absolute Gasteiger partial charge is 0.164 e. The maximum atomic E-state index is 5.49. The van der Waals surface area contributed by atoms with Crippen LogP contribution in [-0.4, -0.2) is 19.9 Å². The van der Waals surface area contributed by atoms with Crippen LogP contribution in [0, 0.1) is 0 Å². The molecule has 2 heterocycles. The summed E-state index contributed by atoms with van der Waals surface area (Å²) in [6, 6.07) is 61.4. The number of hydrogen-bond donors (Lipinski definition) is 0. The van der Waals surface area contributed by atoms with Gasteiger partial charge in [-0.25, -0.2) is 19.9 Å². The van der Waals surface area contributed by atoms with Gasteiger partial charge >= 0.3 is 0 Å². The maximum absolute atomic E-state index is 5.49. The summed E-state index contributed by atoms with van der Waals surface area (Å²) in [7, 11) is 0. The molecule has 0 saturated heterocycles. The van der Waals surface area contributed by atoms with Crippen molar-refractivity contribution in [2.24, 2.45) is 0 Å². The Morgan fingerprint density at radius 1 is 0.357 bits per heavy atom. The van der Waals surface area contributed by atoms with Crippen LogP contribution in [0.3, 0.4) is 0 Å². The van der Waals surface area contributed by atoms with Gasteiger partial charge in [-0.1, -0.05) is 188 Å². The van der Waals surface area contributed by atoms with E-state index in [4.69, 9.17) is 19.9 Å². The van der Waals surface area contributed by atoms with E-state index in [0.717, 1.165) is 68.2 Å². The molecule has 10 rings (SSSR count). The van der Waals surface area contributed by atoms with Gasteiger partial charge in [0.25, 0.3) is 0 Å². The lowest BCUT2D eigenvalue weighted by atomic mass is 9.91. The van der Waals surface area contributed by atoms with Gasteiger partial charge in [0.2, 0.25) is 0 Å². The molecule has 1 aliphatic rings. The Balaban J connectivity index is 1.14. The van der Waals surface area contributed by atoms with Crippen LogP contribution in [0.25, 0.3) is 94.9 Å². The Bertz CT molecular complexity index is 2930. The first kappa shape index (κ1) is 33.3. The standard InChI is InChI=1S/C52H36N4/c1-5-16-35(17-6-1)36-30-32-40(33-31-36)51-54-50(39-22-11-4-12-23-39)55-52(56-51)42-25-13-24-41(34-42)44-27-15-29-46-47-43(37-18-7-2-8-19-37)26-14-28-45(47)48(53-49(44)46)38-20-9-3-10-21-38/h2-5,7-34H,1,6H2. The average Bonchev–Trinajstić information content (AvgIpc) is 3.29. The number of pyridine rings is 1. The molecule has 0 atom stereocenters. The fraction of sp³-hybridized carbons (Fsp3) is 0.0385. The minimum Gasteiger partial charge on any atom is -0.246 e. The van der Waals surface area contributed by atoms with E-state index in [9.17, 15) is 0 Å². The van der Waals surface area contributed by atoms with Crippen LogP contribution in [0.2, 0.25) is 0 Å². The monoisotopic (exact) mass is 716 g/mol. The summed E-state index contributed by atoms with van der Waals surface area (Å²) in [5.41, 5.74) is 12.7. The van der Waals surface area contributed by atoms with E-state index >= 15 is 0 Å². The van der Waals surface area contributed by atoms with Crippen molar-refractivity contribution in [3.8, 4) is 67.7 Å². The molecule has 0 N–H and O–H groups in total. The third-order valence-corrected chi connectivity index (χ3v) is 10.6. The minimum absolute atomic E-state index is 0.618. The van der Waals surface area contributed by atoms with Crippen molar-refractivity contribution in [1.29, 1.82) is 0 Å². The maximum Gasteiger partial charge on any atom is 0.164 e. The zero-order valence-electron chi connectivity index (χ0n) is 30.7. The summed E-state index contributed by atoms with van der Waals surface area (Å²) < 4.78 is 0. The first-order chi connectivity index (χ1) is 27.8. The normalized spacial score (nSPS) is 12.5. The first-order valence-corrected chi connectivity index (χ1v) is 19.1. The second kappa shape index (κ2) is 14.5. The molecule has 56 heavy (non-hydrogen) atoms. The van der Waals surface area contributed by atoms with Crippen molar-refractivity contribution >= 4 is 27.2 Å². The minimum atomic E-state index is 0.618. The zero-order chi connectivity index (χ0) is 37.3. The van der Waals surface area contributed by atoms with Crippen molar-refractivity contribution in [2.75, 3.05) is 0 Å². The summed E-state index contributed by atoms with van der Waals surface area (Å²) >= 11 is 0. The molecule has 264 valence electrons. The number of fused-ring (bicyclic) bond motifs is 3. The highest BCUT2D eigenvalue weighted by Gasteiger charge is 2.18. The van der Waals surface area contributed by atoms with Crippen LogP contribution >= 0.6 is 0 Å². The Kier molecular flexibility index (Phi) is 8.62. The zero-order valence-corrected chi connectivity index (χ0v) is 30.7. The quantitative estimate of drug-likeness (QED) is 0.154. The average molecular weight is 717 g/mol. The number of allylic oxidation sites excluding steroid dienone is 4. The molecular weight excluding hydrogens is 681 g/mol. The summed E-state index contributed by atoms with van der Waals surface area (Å²) in [6.45, 7) is 0. The molecule has 2 aromatic heterocycles. The molecule has 1 aliphatic carbocycles. The van der Waals surface area contributed by atoms with Gasteiger partial charge < -0.3 is 0 Å². The Morgan fingerprint density at radius 2 is 0.893 bits per heavy atom. The fourth-order valence-electron chi connectivity index (χ4n) is 7.80. The first-order valence-electron chi connectivity index (χ1n) is 19.1. The largest absolute Gasteiger partial charge is 0.246 e. The van der Waals surface area contributed by atoms with E-state index in [1.54, 1.807) is 0 Å². The number of nitrogens with zero attached hydrogens (tertiary/aromatic N) is 4. The lowest BCUT2D eigenvalue weighted by molar-refractivity contribution is 1.04. The Labute approximate surface area is 326 Å². The molecule has 0 aliphatic heterocycles. The van der Waals surface area contributed by atoms with Crippen LogP contribution in [0.4, 0.5) is 0 Å². The molecule has 4 nitrogen and oxygen atoms in total. The SMILES string of the molecule is C1=CC(c2ccc(-c3nc(-c4ccccc4)nc(-c4cccc(-c5cccc6c5nc(-c5ccccc5)c5cccc(-c7ccccc7)c56)c4)n3)cc2)=CCC1. The van der Waals surface area contributed by atoms with E-state index in [-0.39, 0.29) is 0 Å². The van der Waals surface area contributed by atoms with Crippen molar-refractivity contribution in [3.63, 3.8) is 0 Å². The molecule has 7 aromatic carbocycles. The molecule has 0 spiro atoms. The lowest BCUT2D eigenvalue weighted by Gasteiger charge is -2.16. The van der Waals surface area contributed by atoms with Crippen LogP contribution in [0.15, 0.2) is 194 Å². The van der Waals surface area contributed by atoms with E-state index in [2.05, 4.69) is 164 Å². The van der Waals surface area contributed by atoms with Crippen LogP contribution in [-0.2, 0) is 0 Å². The van der Waals surface area contributed by atoms with Crippen LogP contribution in [0.1, 0.15) is 18.4 Å². The third kappa shape index (κ3) is 6.27. The van der Waals surface area contributed by atoms with Crippen LogP contribution < -0.4 is 0 Å². The van der Waals surface area contributed by atoms with Gasteiger partial charge in [0.1, 0.15) is 0 Å². The Morgan fingerprint density at radius 3 is 1.57 bits per heavy atom. The number of benzene rings is 7. The van der Waals surface area contributed by atoms with Gasteiger partial charge in [-0.2, -0.15) is 0 Å². The molecule has 0 saturated carbocycles. The van der Waals surface area contributed by atoms with Gasteiger partial charge in [-0.3, -0.25) is 0 Å². The molecule has 0 amide bonds. The van der Waals surface area contributed by atoms with Crippen molar-refractivity contribution in [3.05, 3.63) is 200 Å². The molecular formula is C52H36N4. The highest BCUT2D eigenvalue weighted by molar-refractivity contribution is 6.19. The van der Waals surface area contributed by atoms with E-state index in [1.807, 2.05) is 30.3 Å². The fourth-order valence-corrected chi connectivity index (χ4v) is 7.80. The predicted molar refractivity (Wildman–Crippen MR) is 232 cm³/mol. The molecule has 0 unspecified atom stereocenters. The van der Waals surface area contributed by atoms with Crippen molar-refractivity contribution in [2.45, 2.75) is 12.8 Å². The van der Waals surface area contributed by atoms with Gasteiger partial charge in [-0.15, -0.1) is 0 Å². The van der Waals surface area contributed by atoms with Gasteiger partial charge in [0.05, 0.1) is 11.2 Å². The third-order valence-electron chi connectivity index (χ3n) is 10.6. The van der Waals surface area contributed by atoms with E-state index in [1.165, 1.54) is 27.6 Å². The number of aromatic nitrogens is 4. The molecule has 4 heteroatoms. The highest BCUT2D eigenvalue weighted by atomic mass is 15.0. The van der Waals surface area contributed by atoms with Crippen LogP contribution in [0.5, 0.6) is 0 Å². The van der Waals surface area contributed by atoms with Crippen molar-refractivity contribution < 1.29 is 0 Å². The summed E-state index contributed by atoms with van der Waals surface area (Å²) in [4.78, 5) is 20.7.